The summed E-state index contributed by atoms with van der Waals surface area (Å²) in [6.07, 6.45) is 5.33. The number of aryl methyl sites for hydroxylation is 2. The van der Waals surface area contributed by atoms with Crippen molar-refractivity contribution < 1.29 is 13.9 Å². The number of hydrogen-bond acceptors (Lipinski definition) is 5. The number of rotatable bonds is 4. The monoisotopic (exact) mass is 352 g/mol. The molecule has 0 saturated carbocycles. The highest BCUT2D eigenvalue weighted by Crippen LogP contribution is 2.29. The largest absolute Gasteiger partial charge is 0.493 e. The van der Waals surface area contributed by atoms with Gasteiger partial charge in [-0.05, 0) is 38.1 Å². The summed E-state index contributed by atoms with van der Waals surface area (Å²) >= 11 is 1.63. The van der Waals surface area contributed by atoms with E-state index in [0.29, 0.717) is 11.3 Å². The van der Waals surface area contributed by atoms with Crippen LogP contribution in [0.1, 0.15) is 26.8 Å². The molecule has 0 fully saturated rings. The van der Waals surface area contributed by atoms with Gasteiger partial charge in [-0.25, -0.2) is 4.98 Å². The van der Waals surface area contributed by atoms with Gasteiger partial charge in [0.1, 0.15) is 0 Å². The second-order valence-corrected chi connectivity index (χ2v) is 6.98. The van der Waals surface area contributed by atoms with Gasteiger partial charge in [0, 0.05) is 16.5 Å². The molecule has 0 aliphatic heterocycles. The molecule has 3 aromatic heterocycles. The Morgan fingerprint density at radius 1 is 1.36 bits per heavy atom. The molecule has 5 nitrogen and oxygen atoms in total. The third kappa shape index (κ3) is 2.64. The van der Waals surface area contributed by atoms with Crippen molar-refractivity contribution in [3.05, 3.63) is 58.6 Å². The molecule has 0 saturated heterocycles. The van der Waals surface area contributed by atoms with E-state index < -0.39 is 0 Å². The first-order valence-electron chi connectivity index (χ1n) is 7.81. The lowest BCUT2D eigenvalue weighted by Gasteiger charge is -1.98. The van der Waals surface area contributed by atoms with Crippen LogP contribution in [0.4, 0.5) is 0 Å². The van der Waals surface area contributed by atoms with Crippen molar-refractivity contribution in [3.63, 3.8) is 0 Å². The maximum Gasteiger partial charge on any atom is 0.221 e. The highest BCUT2D eigenvalue weighted by molar-refractivity contribution is 7.17. The van der Waals surface area contributed by atoms with Crippen LogP contribution in [0.2, 0.25) is 0 Å². The molecule has 0 aliphatic carbocycles. The molecule has 4 aromatic rings. The van der Waals surface area contributed by atoms with E-state index in [1.807, 2.05) is 36.6 Å². The van der Waals surface area contributed by atoms with E-state index in [9.17, 15) is 4.79 Å². The average Bonchev–Trinajstić information content (AvgIpc) is 3.24. The normalized spacial score (nSPS) is 11.8. The van der Waals surface area contributed by atoms with Crippen molar-refractivity contribution in [2.75, 3.05) is 7.11 Å². The smallest absolute Gasteiger partial charge is 0.221 e. The summed E-state index contributed by atoms with van der Waals surface area (Å²) in [5.74, 6) is 0.706. The summed E-state index contributed by atoms with van der Waals surface area (Å²) in [7, 11) is 1.58. The quantitative estimate of drug-likeness (QED) is 0.396. The minimum atomic E-state index is -0.195. The summed E-state index contributed by atoms with van der Waals surface area (Å²) in [6, 6.07) is 7.30. The fourth-order valence-electron chi connectivity index (χ4n) is 2.84. The van der Waals surface area contributed by atoms with Gasteiger partial charge in [-0.3, -0.25) is 9.20 Å². The summed E-state index contributed by atoms with van der Waals surface area (Å²) in [6.45, 7) is 3.97. The molecular formula is C19H16N2O3S. The van der Waals surface area contributed by atoms with Gasteiger partial charge in [0.15, 0.2) is 22.1 Å². The maximum atomic E-state index is 12.5. The second-order valence-electron chi connectivity index (χ2n) is 5.76. The molecule has 0 aliphatic rings. The third-order valence-electron chi connectivity index (χ3n) is 4.03. The molecule has 4 rings (SSSR count). The van der Waals surface area contributed by atoms with Crippen LogP contribution >= 0.6 is 11.3 Å². The Labute approximate surface area is 148 Å². The standard InChI is InChI=1S/C19H16N2O3S/c1-11-10-21-14(12(2)20-19(21)25-11)7-8-15(22)17-9-13-5-4-6-16(23-3)18(13)24-17/h4-10H,1-3H3/b8-7+. The number of carbonyl (C=O) groups is 1. The van der Waals surface area contributed by atoms with Gasteiger partial charge in [0.05, 0.1) is 18.5 Å². The average molecular weight is 352 g/mol. The van der Waals surface area contributed by atoms with Crippen LogP contribution in [0.25, 0.3) is 22.0 Å². The topological polar surface area (TPSA) is 56.7 Å². The van der Waals surface area contributed by atoms with Crippen LogP contribution in [0.5, 0.6) is 5.75 Å². The summed E-state index contributed by atoms with van der Waals surface area (Å²) < 4.78 is 13.0. The predicted octanol–water partition coefficient (Wildman–Crippen LogP) is 4.66. The highest BCUT2D eigenvalue weighted by Gasteiger charge is 2.14. The molecule has 0 bridgehead atoms. The summed E-state index contributed by atoms with van der Waals surface area (Å²) in [5.41, 5.74) is 2.38. The second kappa shape index (κ2) is 5.89. The molecule has 0 N–H and O–H groups in total. The Bertz CT molecular complexity index is 1130. The Morgan fingerprint density at radius 3 is 3.00 bits per heavy atom. The number of furan rings is 1. The van der Waals surface area contributed by atoms with Crippen molar-refractivity contribution in [2.24, 2.45) is 0 Å². The molecule has 0 unspecified atom stereocenters. The zero-order valence-electron chi connectivity index (χ0n) is 14.1. The van der Waals surface area contributed by atoms with Gasteiger partial charge >= 0.3 is 0 Å². The van der Waals surface area contributed by atoms with E-state index in [0.717, 1.165) is 21.7 Å². The van der Waals surface area contributed by atoms with Crippen LogP contribution in [-0.2, 0) is 0 Å². The zero-order chi connectivity index (χ0) is 17.6. The molecule has 0 radical (unpaired) electrons. The van der Waals surface area contributed by atoms with Crippen molar-refractivity contribution >= 4 is 39.1 Å². The molecule has 126 valence electrons. The number of carbonyl (C=O) groups excluding carboxylic acids is 1. The van der Waals surface area contributed by atoms with E-state index in [-0.39, 0.29) is 11.5 Å². The number of para-hydroxylation sites is 1. The van der Waals surface area contributed by atoms with Crippen molar-refractivity contribution in [3.8, 4) is 5.75 Å². The lowest BCUT2D eigenvalue weighted by molar-refractivity contribution is 0.102. The lowest BCUT2D eigenvalue weighted by atomic mass is 10.2. The van der Waals surface area contributed by atoms with Crippen molar-refractivity contribution in [1.29, 1.82) is 0 Å². The number of methoxy groups -OCH3 is 1. The van der Waals surface area contributed by atoms with Gasteiger partial charge < -0.3 is 9.15 Å². The first kappa shape index (κ1) is 15.7. The zero-order valence-corrected chi connectivity index (χ0v) is 14.9. The maximum absolute atomic E-state index is 12.5. The van der Waals surface area contributed by atoms with Gasteiger partial charge in [-0.15, -0.1) is 11.3 Å². The lowest BCUT2D eigenvalue weighted by Crippen LogP contribution is -1.92. The molecule has 0 amide bonds. The number of thiazole rings is 1. The Kier molecular flexibility index (Phi) is 3.69. The van der Waals surface area contributed by atoms with Crippen LogP contribution in [-0.4, -0.2) is 22.3 Å². The molecule has 0 spiro atoms. The number of ether oxygens (including phenoxy) is 1. The molecule has 3 heterocycles. The van der Waals surface area contributed by atoms with E-state index in [1.165, 1.54) is 11.0 Å². The molecule has 0 atom stereocenters. The molecule has 25 heavy (non-hydrogen) atoms. The fraction of sp³-hybridized carbons (Fsp3) is 0.158. The Balaban J connectivity index is 1.69. The summed E-state index contributed by atoms with van der Waals surface area (Å²) in [4.78, 5) is 19.1. The number of ketones is 1. The van der Waals surface area contributed by atoms with Gasteiger partial charge in [-0.2, -0.15) is 0 Å². The predicted molar refractivity (Wildman–Crippen MR) is 98.7 cm³/mol. The van der Waals surface area contributed by atoms with Crippen molar-refractivity contribution in [2.45, 2.75) is 13.8 Å². The van der Waals surface area contributed by atoms with E-state index in [1.54, 1.807) is 36.7 Å². The number of benzene rings is 1. The number of aromatic nitrogens is 2. The molecule has 1 aromatic carbocycles. The third-order valence-corrected chi connectivity index (χ3v) is 4.92. The molecular weight excluding hydrogens is 336 g/mol. The van der Waals surface area contributed by atoms with Gasteiger partial charge in [-0.1, -0.05) is 12.1 Å². The van der Waals surface area contributed by atoms with E-state index in [4.69, 9.17) is 9.15 Å². The van der Waals surface area contributed by atoms with Crippen LogP contribution < -0.4 is 4.74 Å². The van der Waals surface area contributed by atoms with Crippen LogP contribution in [0.3, 0.4) is 0 Å². The van der Waals surface area contributed by atoms with Crippen LogP contribution in [0, 0.1) is 13.8 Å². The van der Waals surface area contributed by atoms with Crippen LogP contribution in [0.15, 0.2) is 41.0 Å². The van der Waals surface area contributed by atoms with Gasteiger partial charge in [0.2, 0.25) is 5.78 Å². The first-order valence-corrected chi connectivity index (χ1v) is 8.62. The number of fused-ring (bicyclic) bond motifs is 2. The minimum absolute atomic E-state index is 0.195. The minimum Gasteiger partial charge on any atom is -0.493 e. The number of imidazole rings is 1. The van der Waals surface area contributed by atoms with E-state index in [2.05, 4.69) is 4.98 Å². The van der Waals surface area contributed by atoms with E-state index >= 15 is 0 Å². The number of allylic oxidation sites excluding steroid dienone is 1. The number of hydrogen-bond donors (Lipinski definition) is 0. The Hall–Kier alpha value is -2.86. The highest BCUT2D eigenvalue weighted by atomic mass is 32.1. The SMILES string of the molecule is COc1cccc2cc(C(=O)/C=C/c3c(C)nc4sc(C)cn34)oc12. The number of nitrogens with zero attached hydrogens (tertiary/aromatic N) is 2. The Morgan fingerprint density at radius 2 is 2.20 bits per heavy atom. The molecule has 6 heteroatoms. The van der Waals surface area contributed by atoms with Gasteiger partial charge in [0.25, 0.3) is 0 Å². The first-order chi connectivity index (χ1) is 12.1. The fourth-order valence-corrected chi connectivity index (χ4v) is 3.72. The van der Waals surface area contributed by atoms with Crippen molar-refractivity contribution in [1.82, 2.24) is 9.38 Å². The summed E-state index contributed by atoms with van der Waals surface area (Å²) in [5, 5.41) is 0.840.